The van der Waals surface area contributed by atoms with E-state index in [0.29, 0.717) is 18.9 Å². The van der Waals surface area contributed by atoms with Crippen LogP contribution in [0.1, 0.15) is 45.6 Å². The molecule has 0 N–H and O–H groups in total. The average Bonchev–Trinajstić information content (AvgIpc) is 3.35. The lowest BCUT2D eigenvalue weighted by molar-refractivity contribution is -0.158. The molecule has 0 amide bonds. The number of aromatic nitrogens is 4. The van der Waals surface area contributed by atoms with Gasteiger partial charge in [-0.2, -0.15) is 0 Å². The molecule has 2 aromatic heterocycles. The quantitative estimate of drug-likeness (QED) is 0.271. The number of benzene rings is 2. The van der Waals surface area contributed by atoms with Gasteiger partial charge in [0.15, 0.2) is 6.73 Å². The number of nitrogens with zero attached hydrogens (tertiary/aromatic N) is 6. The fourth-order valence-corrected chi connectivity index (χ4v) is 5.14. The Balaban J connectivity index is 1.32. The van der Waals surface area contributed by atoms with Crippen molar-refractivity contribution in [2.45, 2.75) is 59.4 Å². The van der Waals surface area contributed by atoms with Crippen molar-refractivity contribution in [3.63, 3.8) is 0 Å². The number of fused-ring (bicyclic) bond motifs is 1. The Morgan fingerprint density at radius 3 is 2.49 bits per heavy atom. The minimum atomic E-state index is -0.627. The fourth-order valence-electron chi connectivity index (χ4n) is 5.14. The summed E-state index contributed by atoms with van der Waals surface area (Å²) in [5, 5.41) is 0. The van der Waals surface area contributed by atoms with Crippen molar-refractivity contribution in [1.29, 1.82) is 0 Å². The molecule has 0 saturated carbocycles. The molecular weight excluding hydrogens is 523 g/mol. The number of rotatable bonds is 9. The van der Waals surface area contributed by atoms with Gasteiger partial charge in [-0.3, -0.25) is 9.59 Å². The van der Waals surface area contributed by atoms with E-state index in [0.717, 1.165) is 48.5 Å². The van der Waals surface area contributed by atoms with Crippen molar-refractivity contribution in [1.82, 2.24) is 19.1 Å². The van der Waals surface area contributed by atoms with E-state index >= 15 is 0 Å². The number of hydrogen-bond donors (Lipinski definition) is 0. The van der Waals surface area contributed by atoms with Crippen LogP contribution in [0.4, 0.5) is 16.3 Å². The molecule has 0 aliphatic carbocycles. The van der Waals surface area contributed by atoms with Crippen LogP contribution < -0.4 is 15.4 Å². The lowest BCUT2D eigenvalue weighted by Gasteiger charge is -2.38. The second-order valence-electron chi connectivity index (χ2n) is 11.3. The van der Waals surface area contributed by atoms with Crippen molar-refractivity contribution in [2.75, 3.05) is 29.9 Å². The maximum absolute atomic E-state index is 13.5. The van der Waals surface area contributed by atoms with Gasteiger partial charge in [0.2, 0.25) is 11.9 Å². The third-order valence-electron chi connectivity index (χ3n) is 8.17. The van der Waals surface area contributed by atoms with Crippen LogP contribution in [0.15, 0.2) is 65.6 Å². The molecule has 1 aliphatic heterocycles. The number of ether oxygens (including phenoxy) is 1. The van der Waals surface area contributed by atoms with Crippen LogP contribution in [0.2, 0.25) is 0 Å². The molecule has 3 heterocycles. The van der Waals surface area contributed by atoms with Crippen LogP contribution in [0.3, 0.4) is 0 Å². The van der Waals surface area contributed by atoms with Gasteiger partial charge in [-0.05, 0) is 62.9 Å². The number of para-hydroxylation sites is 2. The van der Waals surface area contributed by atoms with Crippen LogP contribution in [0.5, 0.6) is 0 Å². The maximum atomic E-state index is 13.5. The predicted molar refractivity (Wildman–Crippen MR) is 158 cm³/mol. The molecule has 4 aromatic rings. The highest BCUT2D eigenvalue weighted by atomic mass is 19.1. The number of imidazole rings is 1. The normalized spacial score (nSPS) is 14.4. The Morgan fingerprint density at radius 1 is 1.07 bits per heavy atom. The zero-order valence-corrected chi connectivity index (χ0v) is 24.1. The summed E-state index contributed by atoms with van der Waals surface area (Å²) < 4.78 is 22.7. The first kappa shape index (κ1) is 28.3. The Morgan fingerprint density at radius 2 is 1.78 bits per heavy atom. The molecule has 0 atom stereocenters. The maximum Gasteiger partial charge on any atom is 0.313 e. The molecule has 0 unspecified atom stereocenters. The molecule has 5 rings (SSSR count). The first-order valence-electron chi connectivity index (χ1n) is 14.1. The summed E-state index contributed by atoms with van der Waals surface area (Å²) in [5.74, 6) is 0.761. The molecule has 216 valence electrons. The second kappa shape index (κ2) is 11.7. The minimum Gasteiger partial charge on any atom is -0.443 e. The van der Waals surface area contributed by atoms with Gasteiger partial charge >= 0.3 is 5.97 Å². The molecular formula is C31H37FN6O3. The minimum absolute atomic E-state index is 0.129. The van der Waals surface area contributed by atoms with Crippen LogP contribution in [0.25, 0.3) is 11.0 Å². The monoisotopic (exact) mass is 560 g/mol. The first-order valence-corrected chi connectivity index (χ1v) is 14.1. The summed E-state index contributed by atoms with van der Waals surface area (Å²) in [6, 6.07) is 16.1. The number of halogens is 1. The molecule has 0 spiro atoms. The summed E-state index contributed by atoms with van der Waals surface area (Å²) in [7, 11) is 1.93. The van der Waals surface area contributed by atoms with Crippen molar-refractivity contribution in [2.24, 2.45) is 5.41 Å². The number of piperidine rings is 1. The van der Waals surface area contributed by atoms with Gasteiger partial charge in [0.1, 0.15) is 5.82 Å². The summed E-state index contributed by atoms with van der Waals surface area (Å²) in [5.41, 5.74) is 2.06. The van der Waals surface area contributed by atoms with E-state index in [1.807, 2.05) is 63.1 Å². The fraction of sp³-hybridized carbons (Fsp3) is 0.419. The van der Waals surface area contributed by atoms with Gasteiger partial charge in [0.25, 0.3) is 5.56 Å². The summed E-state index contributed by atoms with van der Waals surface area (Å²) in [4.78, 5) is 39.1. The number of esters is 1. The largest absolute Gasteiger partial charge is 0.443 e. The smallest absolute Gasteiger partial charge is 0.313 e. The Bertz CT molecular complexity index is 1570. The Labute approximate surface area is 239 Å². The zero-order chi connectivity index (χ0) is 29.1. The van der Waals surface area contributed by atoms with Crippen molar-refractivity contribution in [3.8, 4) is 0 Å². The third kappa shape index (κ3) is 5.96. The average molecular weight is 561 g/mol. The molecule has 1 aliphatic rings. The highest BCUT2D eigenvalue weighted by molar-refractivity contribution is 5.79. The Hall–Kier alpha value is -4.21. The third-order valence-corrected chi connectivity index (χ3v) is 8.17. The lowest BCUT2D eigenvalue weighted by Crippen LogP contribution is -2.46. The summed E-state index contributed by atoms with van der Waals surface area (Å²) in [6.07, 6.45) is 3.78. The lowest BCUT2D eigenvalue weighted by atomic mass is 9.91. The van der Waals surface area contributed by atoms with Gasteiger partial charge < -0.3 is 19.1 Å². The van der Waals surface area contributed by atoms with Crippen LogP contribution >= 0.6 is 0 Å². The second-order valence-corrected chi connectivity index (χ2v) is 11.3. The van der Waals surface area contributed by atoms with E-state index in [4.69, 9.17) is 9.72 Å². The summed E-state index contributed by atoms with van der Waals surface area (Å²) >= 11 is 0. The molecule has 1 saturated heterocycles. The molecule has 0 radical (unpaired) electrons. The SMILES string of the molecule is CCC(C)(C)C(=O)OCn1c(N(C)C2CCN(c3nc4ccccc4n3Cc3ccc(F)cc3)CC2)nccc1=O. The van der Waals surface area contributed by atoms with Gasteiger partial charge in [-0.1, -0.05) is 31.2 Å². The van der Waals surface area contributed by atoms with E-state index in [2.05, 4.69) is 20.5 Å². The molecule has 1 fully saturated rings. The van der Waals surface area contributed by atoms with Crippen molar-refractivity contribution < 1.29 is 13.9 Å². The van der Waals surface area contributed by atoms with Crippen molar-refractivity contribution in [3.05, 3.63) is 82.5 Å². The first-order chi connectivity index (χ1) is 19.7. The van der Waals surface area contributed by atoms with E-state index in [-0.39, 0.29) is 30.1 Å². The van der Waals surface area contributed by atoms with Gasteiger partial charge in [0, 0.05) is 38.4 Å². The van der Waals surface area contributed by atoms with Crippen LogP contribution in [0, 0.1) is 11.2 Å². The molecule has 9 nitrogen and oxygen atoms in total. The zero-order valence-electron chi connectivity index (χ0n) is 24.1. The van der Waals surface area contributed by atoms with Crippen molar-refractivity contribution >= 4 is 28.9 Å². The number of hydrogen-bond acceptors (Lipinski definition) is 7. The number of anilines is 2. The Kier molecular flexibility index (Phi) is 8.10. The van der Waals surface area contributed by atoms with Crippen LogP contribution in [-0.2, 0) is 22.8 Å². The van der Waals surface area contributed by atoms with E-state index in [9.17, 15) is 14.0 Å². The molecule has 2 aromatic carbocycles. The van der Waals surface area contributed by atoms with E-state index in [1.54, 1.807) is 0 Å². The highest BCUT2D eigenvalue weighted by Gasteiger charge is 2.30. The summed E-state index contributed by atoms with van der Waals surface area (Å²) in [6.45, 7) is 7.52. The van der Waals surface area contributed by atoms with Gasteiger partial charge in [-0.25, -0.2) is 18.9 Å². The van der Waals surface area contributed by atoms with E-state index < -0.39 is 5.41 Å². The number of carbonyl (C=O) groups is 1. The standard InChI is InChI=1S/C31H37FN6O3/c1-5-31(2,3)28(40)41-21-38-27(39)14-17-33-29(38)35(4)24-15-18-36(19-16-24)30-34-25-8-6-7-9-26(25)37(30)20-22-10-12-23(32)13-11-22/h6-14,17,24H,5,15-16,18-21H2,1-4H3. The van der Waals surface area contributed by atoms with E-state index in [1.165, 1.54) is 29.0 Å². The predicted octanol–water partition coefficient (Wildman–Crippen LogP) is 4.82. The molecule has 10 heteroatoms. The topological polar surface area (TPSA) is 85.5 Å². The molecule has 0 bridgehead atoms. The highest BCUT2D eigenvalue weighted by Crippen LogP contribution is 2.28. The van der Waals surface area contributed by atoms with Gasteiger partial charge in [-0.15, -0.1) is 0 Å². The number of carbonyl (C=O) groups excluding carboxylic acids is 1. The van der Waals surface area contributed by atoms with Gasteiger partial charge in [0.05, 0.1) is 23.0 Å². The van der Waals surface area contributed by atoms with Crippen LogP contribution in [-0.4, -0.2) is 51.3 Å². The molecule has 41 heavy (non-hydrogen) atoms.